The van der Waals surface area contributed by atoms with Gasteiger partial charge in [-0.25, -0.2) is 19.2 Å². The fourth-order valence-electron chi connectivity index (χ4n) is 8.64. The Bertz CT molecular complexity index is 2680. The summed E-state index contributed by atoms with van der Waals surface area (Å²) in [5, 5.41) is 0. The molecule has 0 aromatic carbocycles. The lowest BCUT2D eigenvalue weighted by atomic mass is 9.86. The summed E-state index contributed by atoms with van der Waals surface area (Å²) in [7, 11) is 5.45. The fraction of sp³-hybridized carbons (Fsp3) is 0.0741. The number of carbonyl (C=O) groups excluding carboxylic acids is 4. The average Bonchev–Trinajstić information content (AvgIpc) is 3.97. The topological polar surface area (TPSA) is 105 Å². The lowest BCUT2D eigenvalue weighted by molar-refractivity contribution is 0.0593. The summed E-state index contributed by atoms with van der Waals surface area (Å²) in [6.45, 7) is 0. The van der Waals surface area contributed by atoms with Crippen LogP contribution >= 0.6 is 11.3 Å². The van der Waals surface area contributed by atoms with Crippen LogP contribution in [0.1, 0.15) is 73.4 Å². The standard InChI is InChI=1S/C54H38O8S/c1-59-51(55)43-27-39(31-17-9-5-13-21-35(31)43)49(40-28-44(52(56)60-2)36-22-14-6-10-18-32(36)40)47-25-26-48(63-47)50(41-29-45(53(57)61-3)37-23-15-7-11-19-33(37)41)42-30-46(54(58)62-4)38-24-16-8-12-20-34(38)42/h5-30H,1-4H3/q+2. The molecule has 1 aromatic rings. The lowest BCUT2D eigenvalue weighted by Gasteiger charge is -2.13. The second-order valence-electron chi connectivity index (χ2n) is 14.7. The van der Waals surface area contributed by atoms with Crippen LogP contribution < -0.4 is 0 Å². The van der Waals surface area contributed by atoms with Gasteiger partial charge >= 0.3 is 23.9 Å². The van der Waals surface area contributed by atoms with Crippen LogP contribution in [-0.2, 0) is 18.9 Å². The smallest absolute Gasteiger partial charge is 0.345 e. The third kappa shape index (κ3) is 6.98. The predicted molar refractivity (Wildman–Crippen MR) is 243 cm³/mol. The summed E-state index contributed by atoms with van der Waals surface area (Å²) in [4.78, 5) is 55.5. The van der Waals surface area contributed by atoms with Crippen LogP contribution in [-0.4, -0.2) is 52.3 Å². The summed E-state index contributed by atoms with van der Waals surface area (Å²) in [6.07, 6.45) is 0. The maximum Gasteiger partial charge on any atom is 0.345 e. The fourth-order valence-corrected chi connectivity index (χ4v) is 9.79. The van der Waals surface area contributed by atoms with Crippen molar-refractivity contribution in [1.29, 1.82) is 0 Å². The number of esters is 4. The minimum absolute atomic E-state index is 0.396. The molecule has 1 heterocycles. The van der Waals surface area contributed by atoms with Gasteiger partial charge in [0.15, 0.2) is 0 Å². The molecule has 0 aliphatic heterocycles. The van der Waals surface area contributed by atoms with Gasteiger partial charge in [-0.3, -0.25) is 0 Å². The SMILES string of the molecule is COC(=O)c1cc([C+](c2ccc([C+](c3cc(C(=O)OC)c4cccccc3-4)c3cc(C(=O)OC)c4cccccc3-4)s2)c2cc(C(=O)OC)c3cccccc2-3)c2cccccc1-2. The van der Waals surface area contributed by atoms with Crippen LogP contribution in [0.3, 0.4) is 0 Å². The number of hydrogen-bond donors (Lipinski definition) is 0. The Balaban J connectivity index is 1.35. The van der Waals surface area contributed by atoms with Gasteiger partial charge in [0, 0.05) is 80.9 Å². The summed E-state index contributed by atoms with van der Waals surface area (Å²) in [6, 6.07) is 49.9. The van der Waals surface area contributed by atoms with Crippen LogP contribution in [0.25, 0.3) is 44.5 Å². The molecule has 1 aromatic heterocycles. The first-order chi connectivity index (χ1) is 30.8. The van der Waals surface area contributed by atoms with Crippen molar-refractivity contribution >= 4 is 35.2 Å². The minimum Gasteiger partial charge on any atom is -0.465 e. The van der Waals surface area contributed by atoms with Gasteiger partial charge in [0.05, 0.1) is 72.3 Å². The summed E-state index contributed by atoms with van der Waals surface area (Å²) >= 11 is 1.51. The van der Waals surface area contributed by atoms with Crippen LogP contribution in [0.4, 0.5) is 0 Å². The first-order valence-corrected chi connectivity index (χ1v) is 20.9. The van der Waals surface area contributed by atoms with E-state index in [0.29, 0.717) is 44.5 Å². The minimum atomic E-state index is -0.483. The Morgan fingerprint density at radius 1 is 0.333 bits per heavy atom. The second kappa shape index (κ2) is 16.9. The van der Waals surface area contributed by atoms with E-state index < -0.39 is 23.9 Å². The molecule has 0 atom stereocenters. The Morgan fingerprint density at radius 2 is 0.556 bits per heavy atom. The molecule has 0 saturated heterocycles. The average molecular weight is 847 g/mol. The van der Waals surface area contributed by atoms with Gasteiger partial charge in [-0.2, -0.15) is 0 Å². The Hall–Kier alpha value is -7.88. The van der Waals surface area contributed by atoms with E-state index in [9.17, 15) is 19.2 Å². The van der Waals surface area contributed by atoms with Crippen LogP contribution in [0, 0.1) is 11.8 Å². The van der Waals surface area contributed by atoms with E-state index in [1.807, 2.05) is 158 Å². The third-order valence-corrected chi connectivity index (χ3v) is 12.5. The molecular weight excluding hydrogens is 809 g/mol. The van der Waals surface area contributed by atoms with Crippen molar-refractivity contribution < 1.29 is 38.1 Å². The highest BCUT2D eigenvalue weighted by molar-refractivity contribution is 7.13. The largest absolute Gasteiger partial charge is 0.465 e. The molecule has 0 spiro atoms. The molecule has 9 rings (SSSR count). The maximum atomic E-state index is 13.5. The molecule has 306 valence electrons. The molecule has 9 heteroatoms. The Morgan fingerprint density at radius 3 is 0.778 bits per heavy atom. The molecule has 0 fully saturated rings. The van der Waals surface area contributed by atoms with Crippen LogP contribution in [0.5, 0.6) is 0 Å². The molecule has 0 unspecified atom stereocenters. The molecule has 0 N–H and O–H groups in total. The zero-order chi connectivity index (χ0) is 43.8. The molecule has 0 bridgehead atoms. The van der Waals surface area contributed by atoms with Gasteiger partial charge in [-0.1, -0.05) is 72.8 Å². The number of hydrogen-bond acceptors (Lipinski definition) is 9. The molecule has 8 aliphatic carbocycles. The normalized spacial score (nSPS) is 11.1. The first kappa shape index (κ1) is 40.5. The number of carbonyl (C=O) groups is 4. The van der Waals surface area contributed by atoms with Gasteiger partial charge < -0.3 is 18.9 Å². The molecule has 63 heavy (non-hydrogen) atoms. The number of fused-ring (bicyclic) bond motifs is 4. The maximum absolute atomic E-state index is 13.5. The summed E-state index contributed by atoms with van der Waals surface area (Å²) in [5.74, 6) is -0.392. The van der Waals surface area contributed by atoms with Crippen molar-refractivity contribution in [2.24, 2.45) is 0 Å². The van der Waals surface area contributed by atoms with Crippen molar-refractivity contribution in [2.45, 2.75) is 0 Å². The van der Waals surface area contributed by atoms with Crippen molar-refractivity contribution in [3.05, 3.63) is 224 Å². The van der Waals surface area contributed by atoms with Crippen LogP contribution in [0.15, 0.2) is 158 Å². The number of rotatable bonds is 10. The highest BCUT2D eigenvalue weighted by atomic mass is 32.1. The molecule has 0 radical (unpaired) electrons. The zero-order valence-electron chi connectivity index (χ0n) is 34.7. The van der Waals surface area contributed by atoms with E-state index in [1.54, 1.807) is 0 Å². The highest BCUT2D eigenvalue weighted by Gasteiger charge is 2.42. The molecule has 8 nitrogen and oxygen atoms in total. The van der Waals surface area contributed by atoms with Crippen molar-refractivity contribution in [3.8, 4) is 44.5 Å². The van der Waals surface area contributed by atoms with Gasteiger partial charge in [0.1, 0.15) is 22.3 Å². The van der Waals surface area contributed by atoms with E-state index in [1.165, 1.54) is 39.8 Å². The summed E-state index contributed by atoms with van der Waals surface area (Å²) < 4.78 is 21.2. The number of thiophene rings is 1. The monoisotopic (exact) mass is 846 g/mol. The second-order valence-corrected chi connectivity index (χ2v) is 15.8. The highest BCUT2D eigenvalue weighted by Crippen LogP contribution is 2.52. The van der Waals surface area contributed by atoms with E-state index in [4.69, 9.17) is 18.9 Å². The van der Waals surface area contributed by atoms with Crippen molar-refractivity contribution in [3.63, 3.8) is 0 Å². The number of ether oxygens (including phenoxy) is 4. The lowest BCUT2D eigenvalue weighted by Crippen LogP contribution is -2.04. The third-order valence-electron chi connectivity index (χ3n) is 11.4. The van der Waals surface area contributed by atoms with E-state index >= 15 is 0 Å². The van der Waals surface area contributed by atoms with Crippen molar-refractivity contribution in [2.75, 3.05) is 28.4 Å². The molecular formula is C54H38O8S+2. The van der Waals surface area contributed by atoms with E-state index in [0.717, 1.165) is 66.1 Å². The number of methoxy groups -OCH3 is 4. The Labute approximate surface area is 368 Å². The first-order valence-electron chi connectivity index (χ1n) is 20.0. The van der Waals surface area contributed by atoms with Crippen molar-refractivity contribution in [1.82, 2.24) is 0 Å². The van der Waals surface area contributed by atoms with Gasteiger partial charge in [0.2, 0.25) is 0 Å². The predicted octanol–water partition coefficient (Wildman–Crippen LogP) is 11.4. The van der Waals surface area contributed by atoms with Gasteiger partial charge in [0.25, 0.3) is 0 Å². The quantitative estimate of drug-likeness (QED) is 0.0761. The Kier molecular flexibility index (Phi) is 10.9. The van der Waals surface area contributed by atoms with Gasteiger partial charge in [-0.15, -0.1) is 11.3 Å². The van der Waals surface area contributed by atoms with E-state index in [-0.39, 0.29) is 0 Å². The van der Waals surface area contributed by atoms with Gasteiger partial charge in [-0.05, 0) is 48.5 Å². The molecule has 0 saturated carbocycles. The molecule has 0 amide bonds. The van der Waals surface area contributed by atoms with E-state index in [2.05, 4.69) is 0 Å². The molecule has 8 aliphatic rings. The summed E-state index contributed by atoms with van der Waals surface area (Å²) in [5.41, 5.74) is 10.6. The zero-order valence-corrected chi connectivity index (χ0v) is 35.5. The van der Waals surface area contributed by atoms with Crippen LogP contribution in [0.2, 0.25) is 0 Å².